The Morgan fingerprint density at radius 3 is 2.59 bits per heavy atom. The van der Waals surface area contributed by atoms with E-state index in [1.165, 1.54) is 11.4 Å². The molecule has 0 aromatic rings. The smallest absolute Gasteiger partial charge is 0.305 e. The Morgan fingerprint density at radius 2 is 2.12 bits per heavy atom. The molecule has 0 unspecified atom stereocenters. The lowest BCUT2D eigenvalue weighted by Crippen LogP contribution is -2.34. The van der Waals surface area contributed by atoms with Crippen molar-refractivity contribution in [3.63, 3.8) is 0 Å². The van der Waals surface area contributed by atoms with Crippen molar-refractivity contribution >= 4 is 16.0 Å². The van der Waals surface area contributed by atoms with Gasteiger partial charge in [0.1, 0.15) is 0 Å². The molecule has 0 saturated carbocycles. The number of esters is 1. The van der Waals surface area contributed by atoms with Crippen LogP contribution >= 0.6 is 0 Å². The molecule has 17 heavy (non-hydrogen) atoms. The van der Waals surface area contributed by atoms with Gasteiger partial charge in [-0.2, -0.15) is 4.31 Å². The maximum absolute atomic E-state index is 11.9. The van der Waals surface area contributed by atoms with E-state index in [0.717, 1.165) is 0 Å². The largest absolute Gasteiger partial charge is 0.469 e. The van der Waals surface area contributed by atoms with Crippen molar-refractivity contribution in [2.24, 2.45) is 0 Å². The van der Waals surface area contributed by atoms with E-state index in [-0.39, 0.29) is 25.1 Å². The lowest BCUT2D eigenvalue weighted by molar-refractivity contribution is -0.140. The van der Waals surface area contributed by atoms with Gasteiger partial charge in [-0.05, 0) is 12.8 Å². The number of hydrogen-bond acceptors (Lipinski definition) is 4. The zero-order valence-corrected chi connectivity index (χ0v) is 11.1. The third-order valence-electron chi connectivity index (χ3n) is 2.14. The highest BCUT2D eigenvalue weighted by Gasteiger charge is 2.20. The molecular weight excluding hydrogens is 242 g/mol. The van der Waals surface area contributed by atoms with Gasteiger partial charge in [0.05, 0.1) is 19.4 Å². The number of methoxy groups -OCH3 is 1. The predicted octanol–water partition coefficient (Wildman–Crippen LogP) is 0.615. The van der Waals surface area contributed by atoms with Crippen molar-refractivity contribution in [3.05, 3.63) is 0 Å². The molecule has 6 heteroatoms. The number of carbonyl (C=O) groups is 1. The topological polar surface area (TPSA) is 63.7 Å². The first kappa shape index (κ1) is 15.9. The fourth-order valence-corrected chi connectivity index (χ4v) is 2.80. The highest BCUT2D eigenvalue weighted by atomic mass is 32.2. The van der Waals surface area contributed by atoms with E-state index in [1.807, 2.05) is 6.92 Å². The van der Waals surface area contributed by atoms with Crippen LogP contribution in [0.15, 0.2) is 0 Å². The molecule has 5 nitrogen and oxygen atoms in total. The number of nitrogens with zero attached hydrogens (tertiary/aromatic N) is 1. The quantitative estimate of drug-likeness (QED) is 0.474. The van der Waals surface area contributed by atoms with Crippen LogP contribution in [0, 0.1) is 12.3 Å². The summed E-state index contributed by atoms with van der Waals surface area (Å²) in [5.41, 5.74) is 0. The van der Waals surface area contributed by atoms with Crippen LogP contribution in [0.3, 0.4) is 0 Å². The van der Waals surface area contributed by atoms with Gasteiger partial charge in [-0.1, -0.05) is 12.8 Å². The predicted molar refractivity (Wildman–Crippen MR) is 65.7 cm³/mol. The summed E-state index contributed by atoms with van der Waals surface area (Å²) in [6.45, 7) is 2.37. The molecule has 0 saturated heterocycles. The molecule has 0 radical (unpaired) electrons. The SMILES string of the molecule is C#CCN(CCC)S(=O)(=O)CCCC(=O)OC. The standard InChI is InChI=1S/C11H19NO4S/c1-4-8-12(9-5-2)17(14,15)10-6-7-11(13)16-3/h1H,5-10H2,2-3H3. The fourth-order valence-electron chi connectivity index (χ4n) is 1.30. The van der Waals surface area contributed by atoms with Crippen LogP contribution in [0.5, 0.6) is 0 Å². The minimum absolute atomic E-state index is 0.0778. The lowest BCUT2D eigenvalue weighted by Gasteiger charge is -2.18. The minimum atomic E-state index is -3.37. The van der Waals surface area contributed by atoms with Crippen LogP contribution in [0.2, 0.25) is 0 Å². The van der Waals surface area contributed by atoms with Crippen LogP contribution in [0.25, 0.3) is 0 Å². The lowest BCUT2D eigenvalue weighted by atomic mass is 10.3. The molecule has 0 amide bonds. The third-order valence-corrected chi connectivity index (χ3v) is 4.05. The van der Waals surface area contributed by atoms with Gasteiger partial charge < -0.3 is 4.74 Å². The first-order valence-electron chi connectivity index (χ1n) is 5.46. The average Bonchev–Trinajstić information content (AvgIpc) is 2.28. The molecule has 0 spiro atoms. The molecule has 0 atom stereocenters. The number of carbonyl (C=O) groups excluding carboxylic acids is 1. The van der Waals surface area contributed by atoms with Gasteiger partial charge in [0.15, 0.2) is 0 Å². The van der Waals surface area contributed by atoms with Crippen LogP contribution in [-0.2, 0) is 19.6 Å². The molecule has 0 aromatic carbocycles. The van der Waals surface area contributed by atoms with Crippen LogP contribution < -0.4 is 0 Å². The summed E-state index contributed by atoms with van der Waals surface area (Å²) in [5.74, 6) is 1.84. The Morgan fingerprint density at radius 1 is 1.47 bits per heavy atom. The number of ether oxygens (including phenoxy) is 1. The third kappa shape index (κ3) is 6.29. The highest BCUT2D eigenvalue weighted by molar-refractivity contribution is 7.89. The summed E-state index contributed by atoms with van der Waals surface area (Å²) < 4.78 is 29.4. The van der Waals surface area contributed by atoms with E-state index in [9.17, 15) is 13.2 Å². The summed E-state index contributed by atoms with van der Waals surface area (Å²) in [6.07, 6.45) is 6.18. The van der Waals surface area contributed by atoms with Gasteiger partial charge in [0.25, 0.3) is 0 Å². The molecule has 0 aliphatic heterocycles. The second-order valence-electron chi connectivity index (χ2n) is 3.53. The number of terminal acetylenes is 1. The van der Waals surface area contributed by atoms with Gasteiger partial charge >= 0.3 is 5.97 Å². The number of hydrogen-bond donors (Lipinski definition) is 0. The molecule has 0 aliphatic carbocycles. The Hall–Kier alpha value is -1.06. The average molecular weight is 261 g/mol. The van der Waals surface area contributed by atoms with E-state index in [4.69, 9.17) is 6.42 Å². The molecule has 0 N–H and O–H groups in total. The molecule has 98 valence electrons. The molecule has 0 fully saturated rings. The second kappa shape index (κ2) is 8.09. The van der Waals surface area contributed by atoms with Crippen molar-refractivity contribution < 1.29 is 17.9 Å². The van der Waals surface area contributed by atoms with Gasteiger partial charge in [0, 0.05) is 13.0 Å². The summed E-state index contributed by atoms with van der Waals surface area (Å²) in [5, 5.41) is 0. The molecule has 0 aromatic heterocycles. The maximum atomic E-state index is 11.9. The van der Waals surface area contributed by atoms with Crippen molar-refractivity contribution in [1.82, 2.24) is 4.31 Å². The van der Waals surface area contributed by atoms with E-state index >= 15 is 0 Å². The van der Waals surface area contributed by atoms with Crippen molar-refractivity contribution in [3.8, 4) is 12.3 Å². The second-order valence-corrected chi connectivity index (χ2v) is 5.62. The summed E-state index contributed by atoms with van der Waals surface area (Å²) in [6, 6.07) is 0. The van der Waals surface area contributed by atoms with Crippen LogP contribution in [0.1, 0.15) is 26.2 Å². The van der Waals surface area contributed by atoms with Crippen molar-refractivity contribution in [2.75, 3.05) is 26.0 Å². The monoisotopic (exact) mass is 261 g/mol. The molecule has 0 bridgehead atoms. The molecule has 0 aliphatic rings. The first-order valence-corrected chi connectivity index (χ1v) is 7.07. The van der Waals surface area contributed by atoms with E-state index in [0.29, 0.717) is 13.0 Å². The number of rotatable bonds is 8. The summed E-state index contributed by atoms with van der Waals surface area (Å²) in [4.78, 5) is 10.9. The maximum Gasteiger partial charge on any atom is 0.305 e. The van der Waals surface area contributed by atoms with E-state index < -0.39 is 16.0 Å². The van der Waals surface area contributed by atoms with E-state index in [2.05, 4.69) is 10.7 Å². The minimum Gasteiger partial charge on any atom is -0.469 e. The Bertz CT molecular complexity index is 369. The zero-order chi connectivity index (χ0) is 13.3. The normalized spacial score (nSPS) is 11.2. The summed E-state index contributed by atoms with van der Waals surface area (Å²) >= 11 is 0. The molecule has 0 heterocycles. The van der Waals surface area contributed by atoms with Gasteiger partial charge in [-0.3, -0.25) is 4.79 Å². The van der Waals surface area contributed by atoms with E-state index in [1.54, 1.807) is 0 Å². The van der Waals surface area contributed by atoms with Crippen molar-refractivity contribution in [2.45, 2.75) is 26.2 Å². The molecule has 0 rings (SSSR count). The highest BCUT2D eigenvalue weighted by Crippen LogP contribution is 2.06. The molecular formula is C11H19NO4S. The zero-order valence-electron chi connectivity index (χ0n) is 10.3. The Labute approximate surface area is 103 Å². The van der Waals surface area contributed by atoms with Gasteiger partial charge in [-0.15, -0.1) is 6.42 Å². The van der Waals surface area contributed by atoms with Gasteiger partial charge in [-0.25, -0.2) is 8.42 Å². The fraction of sp³-hybridized carbons (Fsp3) is 0.727. The van der Waals surface area contributed by atoms with Crippen molar-refractivity contribution in [1.29, 1.82) is 0 Å². The summed E-state index contributed by atoms with van der Waals surface area (Å²) in [7, 11) is -2.09. The number of sulfonamides is 1. The van der Waals surface area contributed by atoms with Crippen LogP contribution in [-0.4, -0.2) is 44.6 Å². The first-order chi connectivity index (χ1) is 7.97. The van der Waals surface area contributed by atoms with Gasteiger partial charge in [0.2, 0.25) is 10.0 Å². The Balaban J connectivity index is 4.33. The Kier molecular flexibility index (Phi) is 7.59. The van der Waals surface area contributed by atoms with Crippen LogP contribution in [0.4, 0.5) is 0 Å².